The largest absolute Gasteiger partial charge is 0.435 e. The lowest BCUT2D eigenvalue weighted by molar-refractivity contribution is -0.140. The average Bonchev–Trinajstić information content (AvgIpc) is 3.10. The summed E-state index contributed by atoms with van der Waals surface area (Å²) in [5.41, 5.74) is 2.72. The quantitative estimate of drug-likeness (QED) is 0.869. The van der Waals surface area contributed by atoms with E-state index in [1.165, 1.54) is 6.20 Å². The molecule has 0 atom stereocenters. The monoisotopic (exact) mass is 363 g/mol. The highest BCUT2D eigenvalue weighted by Crippen LogP contribution is 2.38. The van der Waals surface area contributed by atoms with Crippen molar-refractivity contribution in [2.24, 2.45) is 4.99 Å². The van der Waals surface area contributed by atoms with Gasteiger partial charge in [-0.15, -0.1) is 0 Å². The van der Waals surface area contributed by atoms with Crippen molar-refractivity contribution in [2.75, 3.05) is 6.54 Å². The molecule has 0 saturated heterocycles. The van der Waals surface area contributed by atoms with Crippen LogP contribution in [-0.4, -0.2) is 28.1 Å². The van der Waals surface area contributed by atoms with E-state index in [2.05, 4.69) is 25.5 Å². The fraction of sp³-hybridized carbons (Fsp3) is 0.389. The van der Waals surface area contributed by atoms with Gasteiger partial charge in [-0.2, -0.15) is 18.3 Å². The molecule has 0 bridgehead atoms. The van der Waals surface area contributed by atoms with Crippen LogP contribution in [-0.2, 0) is 19.1 Å². The number of halogens is 3. The number of fused-ring (bicyclic) bond motifs is 1. The number of nitrogens with one attached hydrogen (secondary N) is 2. The lowest BCUT2D eigenvalue weighted by Gasteiger charge is -2.17. The molecule has 0 aromatic carbocycles. The average molecular weight is 363 g/mol. The Bertz CT molecular complexity index is 849. The zero-order chi connectivity index (χ0) is 18.7. The Labute approximate surface area is 149 Å². The number of hydrogen-bond acceptors (Lipinski definition) is 4. The van der Waals surface area contributed by atoms with Crippen molar-refractivity contribution < 1.29 is 13.2 Å². The normalized spacial score (nSPS) is 16.8. The van der Waals surface area contributed by atoms with E-state index < -0.39 is 11.9 Å². The van der Waals surface area contributed by atoms with Crippen LogP contribution in [0.5, 0.6) is 0 Å². The highest BCUT2D eigenvalue weighted by molar-refractivity contribution is 5.71. The molecule has 3 heterocycles. The number of rotatable bonds is 3. The highest BCUT2D eigenvalue weighted by Gasteiger charge is 2.38. The fourth-order valence-electron chi connectivity index (χ4n) is 3.10. The number of aliphatic imine (C=N–C) groups is 1. The maximum Gasteiger partial charge on any atom is 0.435 e. The van der Waals surface area contributed by atoms with Crippen molar-refractivity contribution in [1.29, 1.82) is 0 Å². The van der Waals surface area contributed by atoms with Gasteiger partial charge >= 0.3 is 6.18 Å². The molecule has 0 spiro atoms. The predicted molar refractivity (Wildman–Crippen MR) is 94.8 cm³/mol. The molecule has 0 saturated carbocycles. The van der Waals surface area contributed by atoms with Gasteiger partial charge in [0.2, 0.25) is 0 Å². The predicted octanol–water partition coefficient (Wildman–Crippen LogP) is 3.90. The van der Waals surface area contributed by atoms with Gasteiger partial charge in [0.1, 0.15) is 0 Å². The van der Waals surface area contributed by atoms with Crippen molar-refractivity contribution >= 4 is 12.4 Å². The van der Waals surface area contributed by atoms with Gasteiger partial charge in [0.15, 0.2) is 5.69 Å². The first-order chi connectivity index (χ1) is 12.4. The summed E-state index contributed by atoms with van der Waals surface area (Å²) in [7, 11) is 0. The summed E-state index contributed by atoms with van der Waals surface area (Å²) >= 11 is 0. The van der Waals surface area contributed by atoms with Crippen LogP contribution in [0.15, 0.2) is 17.3 Å². The minimum atomic E-state index is -4.54. The van der Waals surface area contributed by atoms with E-state index in [0.717, 1.165) is 23.1 Å². The minimum absolute atomic E-state index is 0.0123. The van der Waals surface area contributed by atoms with Crippen molar-refractivity contribution in [1.82, 2.24) is 20.5 Å². The zero-order valence-corrected chi connectivity index (χ0v) is 14.6. The lowest BCUT2D eigenvalue weighted by atomic mass is 9.93. The topological polar surface area (TPSA) is 66.0 Å². The summed E-state index contributed by atoms with van der Waals surface area (Å²) in [6.45, 7) is 4.93. The van der Waals surface area contributed by atoms with Gasteiger partial charge in [-0.05, 0) is 30.5 Å². The molecule has 1 aliphatic rings. The minimum Gasteiger partial charge on any atom is -0.373 e. The maximum absolute atomic E-state index is 13.3. The molecule has 138 valence electrons. The second-order valence-electron chi connectivity index (χ2n) is 6.10. The lowest BCUT2D eigenvalue weighted by Crippen LogP contribution is -2.10. The SMILES string of the molecule is CCCc1c(-c2c[nH]nc2C(F)(F)F)nc2c(c1C)C/N=C\NC/C=C\2. The van der Waals surface area contributed by atoms with E-state index in [1.807, 2.05) is 26.0 Å². The molecule has 3 rings (SSSR count). The number of alkyl halides is 3. The Kier molecular flexibility index (Phi) is 5.11. The van der Waals surface area contributed by atoms with Gasteiger partial charge in [-0.3, -0.25) is 10.1 Å². The summed E-state index contributed by atoms with van der Waals surface area (Å²) in [6, 6.07) is 0. The van der Waals surface area contributed by atoms with Crippen LogP contribution in [0.2, 0.25) is 0 Å². The third-order valence-corrected chi connectivity index (χ3v) is 4.34. The van der Waals surface area contributed by atoms with E-state index >= 15 is 0 Å². The second kappa shape index (κ2) is 7.31. The van der Waals surface area contributed by atoms with Crippen LogP contribution >= 0.6 is 0 Å². The summed E-state index contributed by atoms with van der Waals surface area (Å²) in [5, 5.41) is 8.78. The Balaban J connectivity index is 2.26. The van der Waals surface area contributed by atoms with Crippen LogP contribution in [0.4, 0.5) is 13.2 Å². The number of aromatic amines is 1. The van der Waals surface area contributed by atoms with Crippen molar-refractivity contribution in [3.63, 3.8) is 0 Å². The number of hydrogen-bond donors (Lipinski definition) is 2. The molecule has 26 heavy (non-hydrogen) atoms. The molecule has 2 aromatic rings. The van der Waals surface area contributed by atoms with E-state index in [0.29, 0.717) is 30.9 Å². The Morgan fingerprint density at radius 2 is 2.08 bits per heavy atom. The molecule has 0 radical (unpaired) electrons. The van der Waals surface area contributed by atoms with Gasteiger partial charge < -0.3 is 5.32 Å². The summed E-state index contributed by atoms with van der Waals surface area (Å²) < 4.78 is 40.0. The van der Waals surface area contributed by atoms with Gasteiger partial charge in [0.25, 0.3) is 0 Å². The van der Waals surface area contributed by atoms with Crippen LogP contribution in [0.25, 0.3) is 17.3 Å². The molecule has 5 nitrogen and oxygen atoms in total. The van der Waals surface area contributed by atoms with E-state index in [9.17, 15) is 13.2 Å². The van der Waals surface area contributed by atoms with E-state index in [4.69, 9.17) is 0 Å². The standard InChI is InChI=1S/C18H20F3N5/c1-3-5-12-11(2)13-8-23-10-22-7-4-6-15(13)25-16(12)14-9-24-26-17(14)18(19,20)21/h4,6,9-10H,3,5,7-8H2,1-2H3,(H,22,23)(H,24,26)/b6-4-. The molecule has 0 aliphatic carbocycles. The smallest absolute Gasteiger partial charge is 0.373 e. The Hall–Kier alpha value is -2.64. The molecule has 0 amide bonds. The van der Waals surface area contributed by atoms with Crippen LogP contribution in [0, 0.1) is 6.92 Å². The first-order valence-corrected chi connectivity index (χ1v) is 8.45. The van der Waals surface area contributed by atoms with Crippen molar-refractivity contribution in [3.8, 4) is 11.3 Å². The van der Waals surface area contributed by atoms with Gasteiger partial charge in [0, 0.05) is 18.3 Å². The number of nitrogens with zero attached hydrogens (tertiary/aromatic N) is 3. The molecule has 0 fully saturated rings. The second-order valence-corrected chi connectivity index (χ2v) is 6.10. The molecule has 2 aromatic heterocycles. The number of pyridine rings is 1. The summed E-state index contributed by atoms with van der Waals surface area (Å²) in [5.74, 6) is 0. The van der Waals surface area contributed by atoms with Gasteiger partial charge in [0.05, 0.1) is 29.8 Å². The van der Waals surface area contributed by atoms with E-state index in [1.54, 1.807) is 6.34 Å². The Morgan fingerprint density at radius 3 is 2.81 bits per heavy atom. The molecule has 8 heteroatoms. The molecular weight excluding hydrogens is 343 g/mol. The zero-order valence-electron chi connectivity index (χ0n) is 14.6. The first-order valence-electron chi connectivity index (χ1n) is 8.45. The maximum atomic E-state index is 13.3. The fourth-order valence-corrected chi connectivity index (χ4v) is 3.10. The highest BCUT2D eigenvalue weighted by atomic mass is 19.4. The van der Waals surface area contributed by atoms with Crippen molar-refractivity contribution in [2.45, 2.75) is 39.4 Å². The van der Waals surface area contributed by atoms with Gasteiger partial charge in [-0.25, -0.2) is 4.98 Å². The van der Waals surface area contributed by atoms with Crippen LogP contribution in [0.3, 0.4) is 0 Å². The molecule has 2 N–H and O–H groups in total. The third-order valence-electron chi connectivity index (χ3n) is 4.34. The molecule has 1 aliphatic heterocycles. The van der Waals surface area contributed by atoms with Gasteiger partial charge in [-0.1, -0.05) is 19.4 Å². The molecule has 0 unspecified atom stereocenters. The molecular formula is C18H20F3N5. The summed E-state index contributed by atoms with van der Waals surface area (Å²) in [4.78, 5) is 8.93. The Morgan fingerprint density at radius 1 is 1.27 bits per heavy atom. The number of aromatic nitrogens is 3. The third kappa shape index (κ3) is 3.49. The first kappa shape index (κ1) is 18.2. The summed E-state index contributed by atoms with van der Waals surface area (Å²) in [6.07, 6.45) is 3.52. The van der Waals surface area contributed by atoms with E-state index in [-0.39, 0.29) is 5.56 Å². The van der Waals surface area contributed by atoms with Crippen molar-refractivity contribution in [3.05, 3.63) is 40.4 Å². The van der Waals surface area contributed by atoms with Crippen LogP contribution < -0.4 is 5.32 Å². The number of H-pyrrole nitrogens is 1. The van der Waals surface area contributed by atoms with Crippen LogP contribution in [0.1, 0.15) is 41.4 Å².